The van der Waals surface area contributed by atoms with Crippen molar-refractivity contribution in [3.05, 3.63) is 77.9 Å². The van der Waals surface area contributed by atoms with Gasteiger partial charge in [0.15, 0.2) is 5.82 Å². The van der Waals surface area contributed by atoms with Crippen LogP contribution in [0.4, 0.5) is 24.7 Å². The van der Waals surface area contributed by atoms with Gasteiger partial charge in [0, 0.05) is 11.3 Å². The van der Waals surface area contributed by atoms with Crippen molar-refractivity contribution < 1.29 is 22.8 Å². The zero-order chi connectivity index (χ0) is 21.6. The fraction of sp³-hybridized carbons (Fsp3) is 0.100. The summed E-state index contributed by atoms with van der Waals surface area (Å²) < 4.78 is 37.6. The van der Waals surface area contributed by atoms with E-state index in [-0.39, 0.29) is 23.2 Å². The second-order valence-corrected chi connectivity index (χ2v) is 6.98. The first-order valence-corrected chi connectivity index (χ1v) is 9.60. The van der Waals surface area contributed by atoms with Crippen LogP contribution < -0.4 is 10.6 Å². The SMILES string of the molecule is O=C(CSc1ccc(NC(=O)c2ccccc2)nn1)Nc1ccc(C(F)(F)F)cc1. The first-order valence-electron chi connectivity index (χ1n) is 8.61. The number of nitrogens with one attached hydrogen (secondary N) is 2. The molecule has 2 N–H and O–H groups in total. The molecule has 2 aromatic carbocycles. The van der Waals surface area contributed by atoms with Gasteiger partial charge in [-0.2, -0.15) is 13.2 Å². The highest BCUT2D eigenvalue weighted by Gasteiger charge is 2.29. The number of thioether (sulfide) groups is 1. The number of carbonyl (C=O) groups is 2. The Labute approximate surface area is 173 Å². The molecule has 0 aliphatic heterocycles. The fourth-order valence-corrected chi connectivity index (χ4v) is 2.93. The van der Waals surface area contributed by atoms with Gasteiger partial charge in [-0.25, -0.2) is 0 Å². The van der Waals surface area contributed by atoms with Gasteiger partial charge in [-0.3, -0.25) is 9.59 Å². The summed E-state index contributed by atoms with van der Waals surface area (Å²) >= 11 is 1.10. The molecule has 0 saturated heterocycles. The molecule has 154 valence electrons. The molecule has 2 amide bonds. The summed E-state index contributed by atoms with van der Waals surface area (Å²) in [4.78, 5) is 24.0. The number of alkyl halides is 3. The summed E-state index contributed by atoms with van der Waals surface area (Å²) in [7, 11) is 0. The number of hydrogen-bond donors (Lipinski definition) is 2. The lowest BCUT2D eigenvalue weighted by atomic mass is 10.2. The molecule has 3 aromatic rings. The predicted octanol–water partition coefficient (Wildman–Crippen LogP) is 4.48. The highest BCUT2D eigenvalue weighted by molar-refractivity contribution is 7.99. The third-order valence-electron chi connectivity index (χ3n) is 3.76. The normalized spacial score (nSPS) is 11.0. The third-order valence-corrected chi connectivity index (χ3v) is 4.68. The van der Waals surface area contributed by atoms with Gasteiger partial charge in [0.25, 0.3) is 5.91 Å². The minimum Gasteiger partial charge on any atom is -0.325 e. The molecule has 0 bridgehead atoms. The quantitative estimate of drug-likeness (QED) is 0.561. The maximum atomic E-state index is 12.5. The van der Waals surface area contributed by atoms with Crippen molar-refractivity contribution in [1.29, 1.82) is 0 Å². The van der Waals surface area contributed by atoms with E-state index in [0.29, 0.717) is 10.6 Å². The molecule has 6 nitrogen and oxygen atoms in total. The number of aromatic nitrogens is 2. The van der Waals surface area contributed by atoms with Gasteiger partial charge < -0.3 is 10.6 Å². The van der Waals surface area contributed by atoms with E-state index < -0.39 is 17.6 Å². The van der Waals surface area contributed by atoms with Crippen molar-refractivity contribution in [2.75, 3.05) is 16.4 Å². The Morgan fingerprint density at radius 2 is 1.57 bits per heavy atom. The van der Waals surface area contributed by atoms with Crippen molar-refractivity contribution in [2.24, 2.45) is 0 Å². The number of halogens is 3. The smallest absolute Gasteiger partial charge is 0.325 e. The number of anilines is 2. The molecule has 0 radical (unpaired) electrons. The van der Waals surface area contributed by atoms with Crippen LogP contribution in [0.25, 0.3) is 0 Å². The second-order valence-electron chi connectivity index (χ2n) is 5.99. The lowest BCUT2D eigenvalue weighted by Gasteiger charge is -2.08. The van der Waals surface area contributed by atoms with Gasteiger partial charge in [-0.1, -0.05) is 30.0 Å². The maximum absolute atomic E-state index is 12.5. The number of benzene rings is 2. The second kappa shape index (κ2) is 9.40. The van der Waals surface area contributed by atoms with E-state index in [1.807, 2.05) is 0 Å². The maximum Gasteiger partial charge on any atom is 0.416 e. The van der Waals surface area contributed by atoms with E-state index >= 15 is 0 Å². The van der Waals surface area contributed by atoms with E-state index in [1.165, 1.54) is 12.1 Å². The van der Waals surface area contributed by atoms with E-state index in [9.17, 15) is 22.8 Å². The van der Waals surface area contributed by atoms with E-state index in [1.54, 1.807) is 42.5 Å². The Balaban J connectivity index is 1.48. The van der Waals surface area contributed by atoms with Gasteiger partial charge >= 0.3 is 6.18 Å². The van der Waals surface area contributed by atoms with Crippen LogP contribution in [0, 0.1) is 0 Å². The number of rotatable bonds is 6. The minimum atomic E-state index is -4.43. The van der Waals surface area contributed by atoms with Crippen LogP contribution in [-0.4, -0.2) is 27.8 Å². The summed E-state index contributed by atoms with van der Waals surface area (Å²) in [6, 6.07) is 16.0. The van der Waals surface area contributed by atoms with Crippen molar-refractivity contribution in [2.45, 2.75) is 11.2 Å². The molecule has 0 aliphatic carbocycles. The van der Waals surface area contributed by atoms with Crippen molar-refractivity contribution in [3.63, 3.8) is 0 Å². The van der Waals surface area contributed by atoms with Crippen LogP contribution in [0.15, 0.2) is 71.8 Å². The van der Waals surface area contributed by atoms with Crippen molar-refractivity contribution >= 4 is 35.1 Å². The molecular formula is C20H15F3N4O2S. The van der Waals surface area contributed by atoms with Gasteiger partial charge in [0.1, 0.15) is 5.03 Å². The zero-order valence-electron chi connectivity index (χ0n) is 15.3. The van der Waals surface area contributed by atoms with Gasteiger partial charge in [-0.15, -0.1) is 10.2 Å². The summed E-state index contributed by atoms with van der Waals surface area (Å²) in [5, 5.41) is 13.4. The Hall–Kier alpha value is -3.40. The third kappa shape index (κ3) is 6.05. The first-order chi connectivity index (χ1) is 14.3. The summed E-state index contributed by atoms with van der Waals surface area (Å²) in [6.07, 6.45) is -4.43. The van der Waals surface area contributed by atoms with E-state index in [0.717, 1.165) is 23.9 Å². The summed E-state index contributed by atoms with van der Waals surface area (Å²) in [6.45, 7) is 0. The molecule has 0 saturated carbocycles. The standard InChI is InChI=1S/C20H15F3N4O2S/c21-20(22,23)14-6-8-15(9-7-14)24-17(28)12-30-18-11-10-16(26-27-18)25-19(29)13-4-2-1-3-5-13/h1-11H,12H2,(H,24,28)(H,25,26,29). The molecule has 30 heavy (non-hydrogen) atoms. The van der Waals surface area contributed by atoms with Crippen LogP contribution in [0.2, 0.25) is 0 Å². The van der Waals surface area contributed by atoms with Gasteiger partial charge in [0.2, 0.25) is 5.91 Å². The molecule has 0 spiro atoms. The number of amides is 2. The highest BCUT2D eigenvalue weighted by Crippen LogP contribution is 2.29. The average Bonchev–Trinajstić information content (AvgIpc) is 2.73. The van der Waals surface area contributed by atoms with Crippen LogP contribution in [0.3, 0.4) is 0 Å². The average molecular weight is 432 g/mol. The molecule has 10 heteroatoms. The minimum absolute atomic E-state index is 0.00851. The predicted molar refractivity (Wildman–Crippen MR) is 107 cm³/mol. The Bertz CT molecular complexity index is 1010. The molecule has 1 aromatic heterocycles. The molecule has 1 heterocycles. The molecular weight excluding hydrogens is 417 g/mol. The summed E-state index contributed by atoms with van der Waals surface area (Å²) in [5.41, 5.74) is -0.0408. The largest absolute Gasteiger partial charge is 0.416 e. The fourth-order valence-electron chi connectivity index (χ4n) is 2.32. The molecule has 0 aliphatic rings. The van der Waals surface area contributed by atoms with Crippen LogP contribution in [0.5, 0.6) is 0 Å². The van der Waals surface area contributed by atoms with Crippen LogP contribution in [-0.2, 0) is 11.0 Å². The molecule has 3 rings (SSSR count). The van der Waals surface area contributed by atoms with Gasteiger partial charge in [0.05, 0.1) is 11.3 Å². The Kier molecular flexibility index (Phi) is 6.68. The Morgan fingerprint density at radius 3 is 2.17 bits per heavy atom. The van der Waals surface area contributed by atoms with E-state index in [4.69, 9.17) is 0 Å². The van der Waals surface area contributed by atoms with Crippen LogP contribution >= 0.6 is 11.8 Å². The number of hydrogen-bond acceptors (Lipinski definition) is 5. The topological polar surface area (TPSA) is 84.0 Å². The first kappa shape index (κ1) is 21.3. The summed E-state index contributed by atoms with van der Waals surface area (Å²) in [5.74, 6) is -0.461. The lowest BCUT2D eigenvalue weighted by molar-refractivity contribution is -0.137. The zero-order valence-corrected chi connectivity index (χ0v) is 16.1. The van der Waals surface area contributed by atoms with Crippen molar-refractivity contribution in [1.82, 2.24) is 10.2 Å². The van der Waals surface area contributed by atoms with Crippen LogP contribution in [0.1, 0.15) is 15.9 Å². The lowest BCUT2D eigenvalue weighted by Crippen LogP contribution is -2.15. The number of nitrogens with zero attached hydrogens (tertiary/aromatic N) is 2. The van der Waals surface area contributed by atoms with Crippen molar-refractivity contribution in [3.8, 4) is 0 Å². The molecule has 0 unspecified atom stereocenters. The highest BCUT2D eigenvalue weighted by atomic mass is 32.2. The molecule has 0 atom stereocenters. The van der Waals surface area contributed by atoms with Gasteiger partial charge in [-0.05, 0) is 48.5 Å². The Morgan fingerprint density at radius 1 is 0.867 bits per heavy atom. The number of carbonyl (C=O) groups excluding carboxylic acids is 2. The monoisotopic (exact) mass is 432 g/mol. The van der Waals surface area contributed by atoms with E-state index in [2.05, 4.69) is 20.8 Å². The molecule has 0 fully saturated rings.